The van der Waals surface area contributed by atoms with Crippen LogP contribution in [-0.2, 0) is 15.6 Å². The Bertz CT molecular complexity index is 1380. The van der Waals surface area contributed by atoms with Gasteiger partial charge in [0.2, 0.25) is 0 Å². The molecular formula is C24H24F4N4O3S2. The highest BCUT2D eigenvalue weighted by atomic mass is 32.2. The summed E-state index contributed by atoms with van der Waals surface area (Å²) < 4.78 is 87.9. The Morgan fingerprint density at radius 3 is 2.70 bits per heavy atom. The lowest BCUT2D eigenvalue weighted by atomic mass is 9.85. The van der Waals surface area contributed by atoms with Crippen molar-refractivity contribution in [2.75, 3.05) is 18.9 Å². The van der Waals surface area contributed by atoms with Gasteiger partial charge in [-0.3, -0.25) is 4.90 Å². The van der Waals surface area contributed by atoms with Crippen molar-refractivity contribution >= 4 is 27.0 Å². The monoisotopic (exact) mass is 556 g/mol. The molecule has 2 aliphatic rings. The molecule has 0 spiro atoms. The molecule has 0 saturated carbocycles. The third kappa shape index (κ3) is 5.30. The van der Waals surface area contributed by atoms with Gasteiger partial charge < -0.3 is 10.5 Å². The summed E-state index contributed by atoms with van der Waals surface area (Å²) in [6, 6.07) is 5.95. The number of halogens is 4. The number of hydrogen-bond acceptors (Lipinski definition) is 8. The molecule has 0 radical (unpaired) electrons. The standard InChI is InChI=1S/C24H24F4N4O3S2/c25-16-11-15-18(5-8-35-20(15)12-21(16)37(33,34)13-23-30-6-9-36-23)32-7-4-14(24(26,27)28)10-19(32)17-2-1-3-22(29)31-17/h1-3,6,9,11-12,14,18-19H,4-5,7-8,10,13H2,(H2,29,31)/t14-,18+,19+/m1/s1. The number of benzene rings is 1. The molecular weight excluding hydrogens is 532 g/mol. The first-order chi connectivity index (χ1) is 17.5. The smallest absolute Gasteiger partial charge is 0.391 e. The van der Waals surface area contributed by atoms with Crippen LogP contribution in [0.25, 0.3) is 0 Å². The minimum atomic E-state index is -4.36. The normalized spacial score (nSPS) is 22.9. The van der Waals surface area contributed by atoms with Crippen LogP contribution in [-0.4, -0.2) is 42.6 Å². The van der Waals surface area contributed by atoms with E-state index in [0.29, 0.717) is 22.7 Å². The Morgan fingerprint density at radius 1 is 1.19 bits per heavy atom. The lowest BCUT2D eigenvalue weighted by Gasteiger charge is -2.45. The van der Waals surface area contributed by atoms with Gasteiger partial charge in [0.05, 0.1) is 24.3 Å². The molecule has 0 unspecified atom stereocenters. The number of hydrogen-bond donors (Lipinski definition) is 1. The van der Waals surface area contributed by atoms with Crippen LogP contribution in [0.3, 0.4) is 0 Å². The maximum atomic E-state index is 15.3. The largest absolute Gasteiger partial charge is 0.493 e. The second-order valence-corrected chi connectivity index (χ2v) is 12.1. The number of likely N-dealkylation sites (tertiary alicyclic amines) is 1. The van der Waals surface area contributed by atoms with Gasteiger partial charge in [0.25, 0.3) is 0 Å². The summed E-state index contributed by atoms with van der Waals surface area (Å²) in [6.07, 6.45) is -2.81. The van der Waals surface area contributed by atoms with Gasteiger partial charge in [0.15, 0.2) is 9.84 Å². The van der Waals surface area contributed by atoms with Crippen molar-refractivity contribution in [1.29, 1.82) is 0 Å². The maximum Gasteiger partial charge on any atom is 0.391 e. The van der Waals surface area contributed by atoms with Crippen molar-refractivity contribution in [3.05, 3.63) is 64.0 Å². The highest BCUT2D eigenvalue weighted by Gasteiger charge is 2.47. The van der Waals surface area contributed by atoms with Crippen molar-refractivity contribution in [2.45, 2.75) is 48.2 Å². The summed E-state index contributed by atoms with van der Waals surface area (Å²) in [7, 11) is -4.04. The highest BCUT2D eigenvalue weighted by Crippen LogP contribution is 2.48. The minimum Gasteiger partial charge on any atom is -0.493 e. The second-order valence-electron chi connectivity index (χ2n) is 9.16. The predicted molar refractivity (Wildman–Crippen MR) is 129 cm³/mol. The van der Waals surface area contributed by atoms with E-state index in [2.05, 4.69) is 9.97 Å². The number of thiazole rings is 1. The molecule has 4 heterocycles. The predicted octanol–water partition coefficient (Wildman–Crippen LogP) is 5.07. The number of nitrogens with zero attached hydrogens (tertiary/aromatic N) is 3. The number of nitrogens with two attached hydrogens (primary N) is 1. The third-order valence-electron chi connectivity index (χ3n) is 6.84. The van der Waals surface area contributed by atoms with Crippen molar-refractivity contribution in [2.24, 2.45) is 5.92 Å². The number of alkyl halides is 3. The number of ether oxygens (including phenoxy) is 1. The molecule has 2 aliphatic heterocycles. The van der Waals surface area contributed by atoms with Crippen LogP contribution in [0.4, 0.5) is 23.4 Å². The van der Waals surface area contributed by atoms with Crippen LogP contribution < -0.4 is 10.5 Å². The van der Waals surface area contributed by atoms with E-state index < -0.39 is 50.5 Å². The highest BCUT2D eigenvalue weighted by molar-refractivity contribution is 7.90. The minimum absolute atomic E-state index is 0.0984. The molecule has 0 bridgehead atoms. The van der Waals surface area contributed by atoms with E-state index in [1.54, 1.807) is 23.6 Å². The number of nitrogen functional groups attached to an aromatic ring is 1. The van der Waals surface area contributed by atoms with E-state index >= 15 is 4.39 Å². The summed E-state index contributed by atoms with van der Waals surface area (Å²) in [5, 5.41) is 1.97. The van der Waals surface area contributed by atoms with Crippen LogP contribution in [0, 0.1) is 11.7 Å². The zero-order chi connectivity index (χ0) is 26.4. The molecule has 198 valence electrons. The first kappa shape index (κ1) is 25.9. The number of piperidine rings is 1. The van der Waals surface area contributed by atoms with Crippen molar-refractivity contribution in [1.82, 2.24) is 14.9 Å². The van der Waals surface area contributed by atoms with E-state index in [0.717, 1.165) is 17.4 Å². The van der Waals surface area contributed by atoms with Gasteiger partial charge in [-0.05, 0) is 31.0 Å². The average molecular weight is 557 g/mol. The molecule has 7 nitrogen and oxygen atoms in total. The number of fused-ring (bicyclic) bond motifs is 1. The summed E-state index contributed by atoms with van der Waals surface area (Å²) in [5.41, 5.74) is 6.64. The van der Waals surface area contributed by atoms with Crippen LogP contribution in [0.2, 0.25) is 0 Å². The first-order valence-corrected chi connectivity index (χ1v) is 14.2. The summed E-state index contributed by atoms with van der Waals surface area (Å²) in [5.74, 6) is -2.49. The van der Waals surface area contributed by atoms with Gasteiger partial charge >= 0.3 is 6.18 Å². The van der Waals surface area contributed by atoms with E-state index in [1.165, 1.54) is 12.3 Å². The first-order valence-electron chi connectivity index (χ1n) is 11.6. The third-order valence-corrected chi connectivity index (χ3v) is 9.44. The molecule has 1 aromatic carbocycles. The Morgan fingerprint density at radius 2 is 2.00 bits per heavy atom. The molecule has 3 aromatic rings. The van der Waals surface area contributed by atoms with Gasteiger partial charge in [-0.1, -0.05) is 6.07 Å². The van der Waals surface area contributed by atoms with Crippen molar-refractivity contribution in [3.63, 3.8) is 0 Å². The number of rotatable bonds is 5. The van der Waals surface area contributed by atoms with Crippen LogP contribution in [0.15, 0.2) is 46.8 Å². The average Bonchev–Trinajstić information content (AvgIpc) is 3.34. The van der Waals surface area contributed by atoms with E-state index in [9.17, 15) is 21.6 Å². The quantitative estimate of drug-likeness (QED) is 0.438. The van der Waals surface area contributed by atoms with E-state index in [-0.39, 0.29) is 37.6 Å². The van der Waals surface area contributed by atoms with E-state index in [4.69, 9.17) is 10.5 Å². The van der Waals surface area contributed by atoms with Gasteiger partial charge in [0.1, 0.15) is 33.0 Å². The molecule has 37 heavy (non-hydrogen) atoms. The van der Waals surface area contributed by atoms with E-state index in [1.807, 2.05) is 4.90 Å². The number of aromatic nitrogens is 2. The molecule has 2 aromatic heterocycles. The molecule has 0 aliphatic carbocycles. The maximum absolute atomic E-state index is 15.3. The van der Waals surface area contributed by atoms with Crippen molar-refractivity contribution < 1.29 is 30.7 Å². The zero-order valence-corrected chi connectivity index (χ0v) is 21.1. The van der Waals surface area contributed by atoms with Crippen LogP contribution in [0.1, 0.15) is 47.6 Å². The van der Waals surface area contributed by atoms with Gasteiger partial charge in [-0.25, -0.2) is 22.8 Å². The number of sulfone groups is 1. The molecule has 3 atom stereocenters. The molecule has 1 fully saturated rings. The Kier molecular flexibility index (Phi) is 6.88. The molecule has 0 amide bonds. The van der Waals surface area contributed by atoms with Gasteiger partial charge in [-0.2, -0.15) is 13.2 Å². The Hall–Kier alpha value is -2.77. The van der Waals surface area contributed by atoms with Crippen LogP contribution >= 0.6 is 11.3 Å². The Labute approximate surface area is 215 Å². The number of anilines is 1. The van der Waals surface area contributed by atoms with Crippen LogP contribution in [0.5, 0.6) is 5.75 Å². The Balaban J connectivity index is 1.51. The fourth-order valence-electron chi connectivity index (χ4n) is 5.12. The molecule has 5 rings (SSSR count). The molecule has 13 heteroatoms. The second kappa shape index (κ2) is 9.84. The fourth-order valence-corrected chi connectivity index (χ4v) is 7.45. The topological polar surface area (TPSA) is 98.4 Å². The summed E-state index contributed by atoms with van der Waals surface area (Å²) in [4.78, 5) is 9.65. The van der Waals surface area contributed by atoms with Crippen molar-refractivity contribution in [3.8, 4) is 5.75 Å². The SMILES string of the molecule is Nc1cccc([C@@H]2C[C@H](C(F)(F)F)CCN2[C@H]2CCOc3cc(S(=O)(=O)Cc4nccs4)c(F)cc32)n1. The lowest BCUT2D eigenvalue weighted by Crippen LogP contribution is -2.44. The summed E-state index contributed by atoms with van der Waals surface area (Å²) >= 11 is 1.15. The number of pyridine rings is 1. The molecule has 1 saturated heterocycles. The summed E-state index contributed by atoms with van der Waals surface area (Å²) in [6.45, 7) is 0.298. The van der Waals surface area contributed by atoms with Gasteiger partial charge in [0, 0.05) is 42.2 Å². The van der Waals surface area contributed by atoms with Gasteiger partial charge in [-0.15, -0.1) is 11.3 Å². The zero-order valence-electron chi connectivity index (χ0n) is 19.5. The lowest BCUT2D eigenvalue weighted by molar-refractivity contribution is -0.192. The molecule has 2 N–H and O–H groups in total. The fraction of sp³-hybridized carbons (Fsp3) is 0.417.